The Kier molecular flexibility index (Phi) is 4.26. The molecule has 0 fully saturated rings. The fourth-order valence-corrected chi connectivity index (χ4v) is 2.29. The topological polar surface area (TPSA) is 78.9 Å². The van der Waals surface area contributed by atoms with Gasteiger partial charge in [0.15, 0.2) is 0 Å². The third kappa shape index (κ3) is 3.40. The Morgan fingerprint density at radius 3 is 2.50 bits per heavy atom. The molecular formula is C13H9BrF3N5O2. The summed E-state index contributed by atoms with van der Waals surface area (Å²) in [4.78, 5) is 7.36. The van der Waals surface area contributed by atoms with Crippen LogP contribution in [0.2, 0.25) is 0 Å². The van der Waals surface area contributed by atoms with E-state index in [1.807, 2.05) is 0 Å². The molecule has 3 aromatic rings. The van der Waals surface area contributed by atoms with Crippen molar-refractivity contribution >= 4 is 15.9 Å². The van der Waals surface area contributed by atoms with Gasteiger partial charge in [0.05, 0.1) is 13.7 Å². The van der Waals surface area contributed by atoms with Crippen molar-refractivity contribution in [1.29, 1.82) is 0 Å². The molecule has 24 heavy (non-hydrogen) atoms. The molecule has 0 aliphatic carbocycles. The summed E-state index contributed by atoms with van der Waals surface area (Å²) in [5.74, 6) is -1.51. The zero-order chi connectivity index (χ0) is 17.3. The van der Waals surface area contributed by atoms with Gasteiger partial charge in [0.2, 0.25) is 10.6 Å². The lowest BCUT2D eigenvalue weighted by molar-refractivity contribution is -0.159. The van der Waals surface area contributed by atoms with Gasteiger partial charge in [-0.25, -0.2) is 4.68 Å². The summed E-state index contributed by atoms with van der Waals surface area (Å²) in [6.45, 7) is 0.377. The van der Waals surface area contributed by atoms with Gasteiger partial charge < -0.3 is 9.26 Å². The average Bonchev–Trinajstić information content (AvgIpc) is 3.14. The molecule has 2 aromatic heterocycles. The van der Waals surface area contributed by atoms with E-state index < -0.39 is 12.1 Å². The molecule has 11 heteroatoms. The molecule has 0 unspecified atom stereocenters. The first-order valence-corrected chi connectivity index (χ1v) is 7.30. The van der Waals surface area contributed by atoms with Crippen molar-refractivity contribution in [1.82, 2.24) is 24.9 Å². The number of aromatic nitrogens is 5. The molecule has 1 aromatic carbocycles. The van der Waals surface area contributed by atoms with Crippen LogP contribution in [0.1, 0.15) is 11.5 Å². The fraction of sp³-hybridized carbons (Fsp3) is 0.231. The van der Waals surface area contributed by atoms with E-state index in [-0.39, 0.29) is 5.82 Å². The molecule has 0 bridgehead atoms. The minimum Gasteiger partial charge on any atom is -0.467 e. The maximum absolute atomic E-state index is 12.5. The van der Waals surface area contributed by atoms with Gasteiger partial charge in [-0.2, -0.15) is 23.1 Å². The van der Waals surface area contributed by atoms with Crippen LogP contribution in [0, 0.1) is 0 Å². The molecule has 0 saturated heterocycles. The fourth-order valence-electron chi connectivity index (χ4n) is 1.94. The van der Waals surface area contributed by atoms with Crippen LogP contribution in [0.25, 0.3) is 11.4 Å². The van der Waals surface area contributed by atoms with Crippen molar-refractivity contribution in [2.24, 2.45) is 0 Å². The van der Waals surface area contributed by atoms with Gasteiger partial charge >= 0.3 is 18.1 Å². The lowest BCUT2D eigenvalue weighted by Gasteiger charge is -2.05. The highest BCUT2D eigenvalue weighted by Crippen LogP contribution is 2.29. The number of methoxy groups -OCH3 is 1. The number of halogens is 4. The molecule has 0 spiro atoms. The Balaban J connectivity index is 1.79. The largest absolute Gasteiger partial charge is 0.471 e. The Bertz CT molecular complexity index is 844. The molecule has 126 valence electrons. The number of benzene rings is 1. The van der Waals surface area contributed by atoms with E-state index >= 15 is 0 Å². The van der Waals surface area contributed by atoms with E-state index in [1.54, 1.807) is 24.3 Å². The molecule has 0 N–H and O–H groups in total. The van der Waals surface area contributed by atoms with E-state index in [4.69, 9.17) is 4.74 Å². The minimum atomic E-state index is -4.66. The van der Waals surface area contributed by atoms with Gasteiger partial charge in [-0.3, -0.25) is 0 Å². The second kappa shape index (κ2) is 6.23. The summed E-state index contributed by atoms with van der Waals surface area (Å²) in [5, 5.41) is 7.46. The van der Waals surface area contributed by atoms with Crippen molar-refractivity contribution in [2.45, 2.75) is 12.7 Å². The predicted molar refractivity (Wildman–Crippen MR) is 78.1 cm³/mol. The van der Waals surface area contributed by atoms with Gasteiger partial charge in [-0.1, -0.05) is 29.4 Å². The average molecular weight is 404 g/mol. The number of hydrogen-bond acceptors (Lipinski definition) is 6. The predicted octanol–water partition coefficient (Wildman–Crippen LogP) is 3.17. The number of rotatable bonds is 4. The molecule has 0 amide bonds. The molecule has 0 atom stereocenters. The Labute approximate surface area is 141 Å². The normalized spacial score (nSPS) is 11.7. The van der Waals surface area contributed by atoms with Gasteiger partial charge in [0.1, 0.15) is 0 Å². The van der Waals surface area contributed by atoms with Crippen molar-refractivity contribution in [3.63, 3.8) is 0 Å². The van der Waals surface area contributed by atoms with E-state index in [0.29, 0.717) is 22.9 Å². The third-order valence-electron chi connectivity index (χ3n) is 3.01. The Hall–Kier alpha value is -2.43. The van der Waals surface area contributed by atoms with Crippen LogP contribution >= 0.6 is 15.9 Å². The van der Waals surface area contributed by atoms with Gasteiger partial charge in [0.25, 0.3) is 0 Å². The van der Waals surface area contributed by atoms with Crippen LogP contribution in [0.3, 0.4) is 0 Å². The van der Waals surface area contributed by atoms with Crippen molar-refractivity contribution < 1.29 is 22.4 Å². The lowest BCUT2D eigenvalue weighted by atomic mass is 10.1. The minimum absolute atomic E-state index is 0.130. The highest BCUT2D eigenvalue weighted by atomic mass is 79.9. The first-order chi connectivity index (χ1) is 11.4. The SMILES string of the molecule is COc1nc(Br)nn1Cc1ccc(-c2noc(C(F)(F)F)n2)cc1. The summed E-state index contributed by atoms with van der Waals surface area (Å²) in [5.41, 5.74) is 1.25. The van der Waals surface area contributed by atoms with Crippen molar-refractivity contribution in [3.8, 4) is 17.4 Å². The second-order valence-electron chi connectivity index (χ2n) is 4.64. The third-order valence-corrected chi connectivity index (χ3v) is 3.34. The van der Waals surface area contributed by atoms with Crippen molar-refractivity contribution in [2.75, 3.05) is 7.11 Å². The molecular weight excluding hydrogens is 395 g/mol. The zero-order valence-corrected chi connectivity index (χ0v) is 13.7. The number of ether oxygens (including phenoxy) is 1. The standard InChI is InChI=1S/C13H9BrF3N5O2/c1-23-12-19-11(14)20-22(12)6-7-2-4-8(5-3-7)9-18-10(24-21-9)13(15,16)17/h2-5H,6H2,1H3. The van der Waals surface area contributed by atoms with Gasteiger partial charge in [0, 0.05) is 5.56 Å². The van der Waals surface area contributed by atoms with Crippen LogP contribution in [0.4, 0.5) is 13.2 Å². The smallest absolute Gasteiger partial charge is 0.467 e. The maximum Gasteiger partial charge on any atom is 0.471 e. The van der Waals surface area contributed by atoms with E-state index in [0.717, 1.165) is 5.56 Å². The van der Waals surface area contributed by atoms with Crippen molar-refractivity contribution in [3.05, 3.63) is 40.5 Å². The first kappa shape index (κ1) is 16.4. The summed E-state index contributed by atoms with van der Waals surface area (Å²) in [6, 6.07) is 6.96. The molecule has 3 rings (SSSR count). The number of hydrogen-bond donors (Lipinski definition) is 0. The summed E-state index contributed by atoms with van der Waals surface area (Å²) >= 11 is 3.16. The number of alkyl halides is 3. The van der Waals surface area contributed by atoms with E-state index in [1.165, 1.54) is 11.8 Å². The quantitative estimate of drug-likeness (QED) is 0.665. The van der Waals surface area contributed by atoms with Crippen LogP contribution < -0.4 is 4.74 Å². The second-order valence-corrected chi connectivity index (χ2v) is 5.35. The monoisotopic (exact) mass is 403 g/mol. The molecule has 2 heterocycles. The first-order valence-electron chi connectivity index (χ1n) is 6.51. The molecule has 0 aliphatic rings. The van der Waals surface area contributed by atoms with Gasteiger partial charge in [-0.05, 0) is 21.5 Å². The highest BCUT2D eigenvalue weighted by Gasteiger charge is 2.38. The maximum atomic E-state index is 12.5. The molecule has 0 radical (unpaired) electrons. The van der Waals surface area contributed by atoms with Gasteiger partial charge in [-0.15, -0.1) is 5.10 Å². The molecule has 0 saturated carbocycles. The highest BCUT2D eigenvalue weighted by molar-refractivity contribution is 9.10. The molecule has 7 nitrogen and oxygen atoms in total. The van der Waals surface area contributed by atoms with E-state index in [2.05, 4.69) is 40.7 Å². The summed E-state index contributed by atoms with van der Waals surface area (Å²) in [6.07, 6.45) is -4.66. The van der Waals surface area contributed by atoms with E-state index in [9.17, 15) is 13.2 Å². The lowest BCUT2D eigenvalue weighted by Crippen LogP contribution is -2.05. The van der Waals surface area contributed by atoms with Crippen LogP contribution in [-0.4, -0.2) is 32.0 Å². The van der Waals surface area contributed by atoms with Crippen LogP contribution in [0.15, 0.2) is 33.5 Å². The zero-order valence-electron chi connectivity index (χ0n) is 12.1. The van der Waals surface area contributed by atoms with Crippen LogP contribution in [-0.2, 0) is 12.7 Å². The Morgan fingerprint density at radius 2 is 1.92 bits per heavy atom. The van der Waals surface area contributed by atoms with Crippen LogP contribution in [0.5, 0.6) is 6.01 Å². The number of nitrogens with zero attached hydrogens (tertiary/aromatic N) is 5. The Morgan fingerprint density at radius 1 is 1.21 bits per heavy atom. The summed E-state index contributed by atoms with van der Waals surface area (Å²) in [7, 11) is 1.48. The molecule has 0 aliphatic heterocycles. The summed E-state index contributed by atoms with van der Waals surface area (Å²) < 4.78 is 48.6.